The monoisotopic (exact) mass is 278 g/mol. The molecular weight excluding hydrogens is 262 g/mol. The summed E-state index contributed by atoms with van der Waals surface area (Å²) in [7, 11) is 2.89. The van der Waals surface area contributed by atoms with Crippen molar-refractivity contribution < 1.29 is 9.57 Å². The Labute approximate surface area is 114 Å². The van der Waals surface area contributed by atoms with Crippen LogP contribution in [0.15, 0.2) is 9.59 Å². The minimum Gasteiger partial charge on any atom is -0.338 e. The molecule has 106 valence electrons. The van der Waals surface area contributed by atoms with Gasteiger partial charge in [0.2, 0.25) is 5.82 Å². The summed E-state index contributed by atoms with van der Waals surface area (Å²) in [5.74, 6) is 1.26. The maximum absolute atomic E-state index is 12.4. The molecule has 0 aromatic carbocycles. The second-order valence-electron chi connectivity index (χ2n) is 4.86. The summed E-state index contributed by atoms with van der Waals surface area (Å²) in [6, 6.07) is 0. The van der Waals surface area contributed by atoms with Crippen molar-refractivity contribution >= 4 is 0 Å². The van der Waals surface area contributed by atoms with Gasteiger partial charge in [-0.15, -0.1) is 0 Å². The molecule has 0 amide bonds. The van der Waals surface area contributed by atoms with Crippen LogP contribution >= 0.6 is 0 Å². The van der Waals surface area contributed by atoms with Crippen LogP contribution in [-0.4, -0.2) is 26.4 Å². The zero-order chi connectivity index (χ0) is 14.4. The molecule has 1 saturated carbocycles. The average Bonchev–Trinajstić information content (AvgIpc) is 3.27. The van der Waals surface area contributed by atoms with Gasteiger partial charge < -0.3 is 4.84 Å². The predicted molar refractivity (Wildman–Crippen MR) is 68.5 cm³/mol. The first-order valence-electron chi connectivity index (χ1n) is 6.56. The highest BCUT2D eigenvalue weighted by molar-refractivity contribution is 5.43. The fourth-order valence-electron chi connectivity index (χ4n) is 2.24. The molecule has 1 aliphatic carbocycles. The first kappa shape index (κ1) is 12.8. The topological polar surface area (TPSA) is 82.9 Å². The van der Waals surface area contributed by atoms with E-state index in [0.717, 1.165) is 17.4 Å². The van der Waals surface area contributed by atoms with E-state index >= 15 is 0 Å². The maximum atomic E-state index is 12.4. The lowest BCUT2D eigenvalue weighted by atomic mass is 10.3. The fraction of sp³-hybridized carbons (Fsp3) is 0.583. The van der Waals surface area contributed by atoms with Gasteiger partial charge in [-0.25, -0.2) is 4.79 Å². The lowest BCUT2D eigenvalue weighted by Crippen LogP contribution is -2.55. The van der Waals surface area contributed by atoms with E-state index in [0.29, 0.717) is 18.3 Å². The SMILES string of the molecule is CCn1nc(C2CC2)[n+](OC)c2c(=O)n(C)c(=O)nc1-2. The predicted octanol–water partition coefficient (Wildman–Crippen LogP) is -1.31. The molecule has 0 bridgehead atoms. The van der Waals surface area contributed by atoms with Crippen LogP contribution in [0.5, 0.6) is 0 Å². The molecule has 20 heavy (non-hydrogen) atoms. The lowest BCUT2D eigenvalue weighted by Gasteiger charge is -2.11. The molecule has 8 heteroatoms. The highest BCUT2D eigenvalue weighted by atomic mass is 16.6. The maximum Gasteiger partial charge on any atom is 0.366 e. The van der Waals surface area contributed by atoms with Gasteiger partial charge in [-0.05, 0) is 24.5 Å². The van der Waals surface area contributed by atoms with Crippen molar-refractivity contribution in [3.05, 3.63) is 26.7 Å². The van der Waals surface area contributed by atoms with Gasteiger partial charge >= 0.3 is 17.1 Å². The molecule has 3 rings (SSSR count). The number of hydrogen-bond donors (Lipinski definition) is 0. The zero-order valence-corrected chi connectivity index (χ0v) is 11.7. The van der Waals surface area contributed by atoms with E-state index in [1.54, 1.807) is 4.68 Å². The normalized spacial score (nSPS) is 14.8. The van der Waals surface area contributed by atoms with Gasteiger partial charge in [0, 0.05) is 7.05 Å². The van der Waals surface area contributed by atoms with Crippen LogP contribution in [-0.2, 0) is 13.6 Å². The third-order valence-electron chi connectivity index (χ3n) is 3.51. The van der Waals surface area contributed by atoms with Crippen LogP contribution in [0.2, 0.25) is 0 Å². The number of rotatable bonds is 3. The standard InChI is InChI=1S/C12H16N5O3/c1-4-16-10-8(11(18)15(2)12(19)13-10)17(20-3)9(14-16)7-5-6-7/h7H,4-6H2,1-3H3/q+1. The van der Waals surface area contributed by atoms with E-state index in [9.17, 15) is 9.59 Å². The quantitative estimate of drug-likeness (QED) is 0.651. The van der Waals surface area contributed by atoms with E-state index in [1.165, 1.54) is 18.9 Å². The zero-order valence-electron chi connectivity index (χ0n) is 11.7. The Morgan fingerprint density at radius 3 is 2.65 bits per heavy atom. The van der Waals surface area contributed by atoms with Crippen molar-refractivity contribution in [1.82, 2.24) is 19.3 Å². The molecule has 2 aliphatic heterocycles. The highest BCUT2D eigenvalue weighted by Crippen LogP contribution is 2.37. The summed E-state index contributed by atoms with van der Waals surface area (Å²) in [6.45, 7) is 2.42. The molecule has 0 radical (unpaired) electrons. The highest BCUT2D eigenvalue weighted by Gasteiger charge is 2.41. The van der Waals surface area contributed by atoms with Crippen LogP contribution in [0.3, 0.4) is 0 Å². The summed E-state index contributed by atoms with van der Waals surface area (Å²) in [5, 5.41) is 4.47. The molecule has 0 spiro atoms. The molecule has 0 saturated heterocycles. The first-order chi connectivity index (χ1) is 9.58. The lowest BCUT2D eigenvalue weighted by molar-refractivity contribution is -0.885. The van der Waals surface area contributed by atoms with E-state index in [1.807, 2.05) is 6.92 Å². The number of hydrogen-bond acceptors (Lipinski definition) is 5. The Morgan fingerprint density at radius 2 is 2.10 bits per heavy atom. The summed E-state index contributed by atoms with van der Waals surface area (Å²) >= 11 is 0. The fourth-order valence-corrected chi connectivity index (χ4v) is 2.24. The number of nitrogens with zero attached hydrogens (tertiary/aromatic N) is 5. The third-order valence-corrected chi connectivity index (χ3v) is 3.51. The van der Waals surface area contributed by atoms with Crippen molar-refractivity contribution in [3.63, 3.8) is 0 Å². The van der Waals surface area contributed by atoms with Gasteiger partial charge in [0.05, 0.1) is 17.6 Å². The summed E-state index contributed by atoms with van der Waals surface area (Å²) in [5.41, 5.74) is -0.755. The minimum atomic E-state index is -0.590. The minimum absolute atomic E-state index is 0.256. The van der Waals surface area contributed by atoms with Crippen molar-refractivity contribution in [2.75, 3.05) is 7.11 Å². The number of fused-ring (bicyclic) bond motifs is 1. The average molecular weight is 278 g/mol. The molecule has 0 unspecified atom stereocenters. The summed E-state index contributed by atoms with van der Waals surface area (Å²) in [6.07, 6.45) is 2.05. The molecule has 8 nitrogen and oxygen atoms in total. The summed E-state index contributed by atoms with van der Waals surface area (Å²) in [4.78, 5) is 33.4. The van der Waals surface area contributed by atoms with Crippen molar-refractivity contribution in [2.24, 2.45) is 7.05 Å². The third kappa shape index (κ3) is 1.71. The van der Waals surface area contributed by atoms with E-state index in [4.69, 9.17) is 4.84 Å². The van der Waals surface area contributed by atoms with Crippen molar-refractivity contribution in [2.45, 2.75) is 32.2 Å². The smallest absolute Gasteiger partial charge is 0.338 e. The second kappa shape index (κ2) is 4.39. The van der Waals surface area contributed by atoms with E-state index < -0.39 is 11.2 Å². The van der Waals surface area contributed by atoms with Gasteiger partial charge in [0.25, 0.3) is 5.69 Å². The molecule has 0 aromatic heterocycles. The molecule has 0 aromatic rings. The Hall–Kier alpha value is -2.25. The molecule has 2 heterocycles. The van der Waals surface area contributed by atoms with Gasteiger partial charge in [-0.2, -0.15) is 9.67 Å². The Bertz CT molecular complexity index is 759. The molecule has 1 fully saturated rings. The molecule has 3 aliphatic rings. The van der Waals surface area contributed by atoms with Gasteiger partial charge in [-0.3, -0.25) is 9.36 Å². The van der Waals surface area contributed by atoms with Crippen LogP contribution < -0.4 is 20.8 Å². The molecule has 0 N–H and O–H groups in total. The number of aryl methyl sites for hydroxylation is 1. The van der Waals surface area contributed by atoms with Crippen LogP contribution in [0.25, 0.3) is 11.5 Å². The van der Waals surface area contributed by atoms with Gasteiger partial charge in [0.15, 0.2) is 0 Å². The van der Waals surface area contributed by atoms with Crippen LogP contribution in [0, 0.1) is 0 Å². The summed E-state index contributed by atoms with van der Waals surface area (Å²) < 4.78 is 3.98. The Morgan fingerprint density at radius 1 is 1.40 bits per heavy atom. The number of aromatic nitrogens is 5. The second-order valence-corrected chi connectivity index (χ2v) is 4.86. The van der Waals surface area contributed by atoms with Gasteiger partial charge in [0.1, 0.15) is 7.11 Å². The van der Waals surface area contributed by atoms with Crippen LogP contribution in [0.4, 0.5) is 0 Å². The Kier molecular flexibility index (Phi) is 2.81. The van der Waals surface area contributed by atoms with E-state index in [2.05, 4.69) is 10.1 Å². The van der Waals surface area contributed by atoms with Gasteiger partial charge in [-0.1, -0.05) is 0 Å². The van der Waals surface area contributed by atoms with Crippen molar-refractivity contribution in [1.29, 1.82) is 0 Å². The van der Waals surface area contributed by atoms with E-state index in [-0.39, 0.29) is 11.5 Å². The van der Waals surface area contributed by atoms with Crippen molar-refractivity contribution in [3.8, 4) is 11.5 Å². The Balaban J connectivity index is 2.48. The van der Waals surface area contributed by atoms with Crippen LogP contribution in [0.1, 0.15) is 31.5 Å². The molecule has 0 atom stereocenters. The first-order valence-corrected chi connectivity index (χ1v) is 6.56. The molecular formula is C12H16N5O3+. The largest absolute Gasteiger partial charge is 0.366 e.